The Morgan fingerprint density at radius 1 is 1.42 bits per heavy atom. The molecular weight excluding hydrogens is 154 g/mol. The molecule has 1 atom stereocenters. The van der Waals surface area contributed by atoms with Gasteiger partial charge in [-0.15, -0.1) is 0 Å². The number of hydrogen-bond acceptors (Lipinski definition) is 3. The first-order chi connectivity index (χ1) is 5.70. The van der Waals surface area contributed by atoms with Crippen LogP contribution in [-0.2, 0) is 11.2 Å². The van der Waals surface area contributed by atoms with E-state index in [0.29, 0.717) is 0 Å². The molecule has 12 heavy (non-hydrogen) atoms. The van der Waals surface area contributed by atoms with Crippen LogP contribution in [0.1, 0.15) is 5.56 Å². The van der Waals surface area contributed by atoms with Crippen LogP contribution in [-0.4, -0.2) is 17.1 Å². The molecule has 0 aliphatic rings. The number of ketones is 1. The van der Waals surface area contributed by atoms with E-state index in [-0.39, 0.29) is 12.2 Å². The second-order valence-electron chi connectivity index (χ2n) is 2.57. The predicted molar refractivity (Wildman–Crippen MR) is 45.3 cm³/mol. The summed E-state index contributed by atoms with van der Waals surface area (Å²) in [5, 5.41) is 8.71. The molecule has 0 heterocycles. The molecule has 0 aliphatic carbocycles. The molecule has 3 heteroatoms. The number of Topliss-reactive ketones (excluding diaryl/α,β-unsaturated/α-hetero) is 1. The van der Waals surface area contributed by atoms with Gasteiger partial charge in [-0.05, 0) is 5.56 Å². The molecular formula is C9H11NO2. The second kappa shape index (κ2) is 3.99. The maximum absolute atomic E-state index is 10.9. The van der Waals surface area contributed by atoms with E-state index in [4.69, 9.17) is 10.8 Å². The zero-order valence-electron chi connectivity index (χ0n) is 6.60. The van der Waals surface area contributed by atoms with Gasteiger partial charge in [-0.1, -0.05) is 30.3 Å². The molecule has 0 spiro atoms. The lowest BCUT2D eigenvalue weighted by atomic mass is 10.1. The molecule has 0 aromatic heterocycles. The van der Waals surface area contributed by atoms with Crippen LogP contribution in [0.2, 0.25) is 0 Å². The summed E-state index contributed by atoms with van der Waals surface area (Å²) in [6, 6.07) is 9.18. The van der Waals surface area contributed by atoms with Gasteiger partial charge in [0.25, 0.3) is 0 Å². The number of nitrogens with two attached hydrogens (primary N) is 1. The van der Waals surface area contributed by atoms with Gasteiger partial charge in [0.2, 0.25) is 0 Å². The summed E-state index contributed by atoms with van der Waals surface area (Å²) < 4.78 is 0. The molecule has 3 N–H and O–H groups in total. The third kappa shape index (κ3) is 2.45. The Morgan fingerprint density at radius 3 is 2.50 bits per heavy atom. The highest BCUT2D eigenvalue weighted by molar-refractivity contribution is 5.84. The molecule has 0 aliphatic heterocycles. The van der Waals surface area contributed by atoms with Crippen LogP contribution in [0.5, 0.6) is 0 Å². The number of rotatable bonds is 3. The summed E-state index contributed by atoms with van der Waals surface area (Å²) in [7, 11) is 0. The van der Waals surface area contributed by atoms with Crippen LogP contribution in [0.15, 0.2) is 30.3 Å². The first kappa shape index (κ1) is 8.90. The zero-order chi connectivity index (χ0) is 8.97. The molecule has 0 radical (unpaired) electrons. The minimum absolute atomic E-state index is 0.193. The van der Waals surface area contributed by atoms with Crippen molar-refractivity contribution >= 4 is 5.78 Å². The van der Waals surface area contributed by atoms with Crippen molar-refractivity contribution in [2.45, 2.75) is 12.6 Å². The minimum Gasteiger partial charge on any atom is -0.371 e. The van der Waals surface area contributed by atoms with Crippen molar-refractivity contribution in [3.05, 3.63) is 35.9 Å². The predicted octanol–water partition coefficient (Wildman–Crippen LogP) is 0.0753. The Morgan fingerprint density at radius 2 is 2.00 bits per heavy atom. The largest absolute Gasteiger partial charge is 0.371 e. The SMILES string of the molecule is NC(O)C(=O)Cc1ccccc1. The smallest absolute Gasteiger partial charge is 0.180 e. The number of aliphatic hydroxyl groups excluding tert-OH is 1. The lowest BCUT2D eigenvalue weighted by Crippen LogP contribution is -2.30. The Bertz CT molecular complexity index is 256. The van der Waals surface area contributed by atoms with Crippen LogP contribution < -0.4 is 5.73 Å². The van der Waals surface area contributed by atoms with E-state index in [1.54, 1.807) is 0 Å². The number of carbonyl (C=O) groups excluding carboxylic acids is 1. The molecule has 0 amide bonds. The van der Waals surface area contributed by atoms with Crippen LogP contribution >= 0.6 is 0 Å². The fourth-order valence-corrected chi connectivity index (χ4v) is 0.902. The molecule has 1 aromatic rings. The molecule has 0 bridgehead atoms. The topological polar surface area (TPSA) is 63.3 Å². The van der Waals surface area contributed by atoms with E-state index >= 15 is 0 Å². The van der Waals surface area contributed by atoms with Gasteiger partial charge in [-0.2, -0.15) is 0 Å². The van der Waals surface area contributed by atoms with Gasteiger partial charge in [0.05, 0.1) is 0 Å². The van der Waals surface area contributed by atoms with Crippen LogP contribution in [0.4, 0.5) is 0 Å². The summed E-state index contributed by atoms with van der Waals surface area (Å²) in [5.41, 5.74) is 5.86. The van der Waals surface area contributed by atoms with Crippen molar-refractivity contribution in [2.75, 3.05) is 0 Å². The third-order valence-electron chi connectivity index (χ3n) is 1.55. The van der Waals surface area contributed by atoms with E-state index in [9.17, 15) is 4.79 Å². The van der Waals surface area contributed by atoms with Gasteiger partial charge in [-0.3, -0.25) is 10.5 Å². The highest BCUT2D eigenvalue weighted by Gasteiger charge is 2.09. The van der Waals surface area contributed by atoms with Crippen LogP contribution in [0, 0.1) is 0 Å². The summed E-state index contributed by atoms with van der Waals surface area (Å²) in [6.07, 6.45) is -1.16. The average Bonchev–Trinajstić information content (AvgIpc) is 2.06. The maximum atomic E-state index is 10.9. The third-order valence-corrected chi connectivity index (χ3v) is 1.55. The molecule has 1 rings (SSSR count). The van der Waals surface area contributed by atoms with E-state index in [0.717, 1.165) is 5.56 Å². The molecule has 1 aromatic carbocycles. The number of aliphatic hydroxyl groups is 1. The summed E-state index contributed by atoms with van der Waals surface area (Å²) in [6.45, 7) is 0. The van der Waals surface area contributed by atoms with Gasteiger partial charge < -0.3 is 5.11 Å². The second-order valence-corrected chi connectivity index (χ2v) is 2.57. The summed E-state index contributed by atoms with van der Waals surface area (Å²) in [4.78, 5) is 10.9. The van der Waals surface area contributed by atoms with E-state index in [1.165, 1.54) is 0 Å². The van der Waals surface area contributed by atoms with Crippen molar-refractivity contribution in [1.29, 1.82) is 0 Å². The first-order valence-corrected chi connectivity index (χ1v) is 3.70. The number of hydrogen-bond donors (Lipinski definition) is 2. The molecule has 1 unspecified atom stereocenters. The van der Waals surface area contributed by atoms with Crippen molar-refractivity contribution in [2.24, 2.45) is 5.73 Å². The highest BCUT2D eigenvalue weighted by Crippen LogP contribution is 2.00. The van der Waals surface area contributed by atoms with E-state index in [2.05, 4.69) is 0 Å². The molecule has 64 valence electrons. The van der Waals surface area contributed by atoms with Crippen molar-refractivity contribution in [1.82, 2.24) is 0 Å². The monoisotopic (exact) mass is 165 g/mol. The van der Waals surface area contributed by atoms with Gasteiger partial charge >= 0.3 is 0 Å². The van der Waals surface area contributed by atoms with Gasteiger partial charge in [0.1, 0.15) is 0 Å². The zero-order valence-corrected chi connectivity index (χ0v) is 6.60. The Balaban J connectivity index is 2.59. The lowest BCUT2D eigenvalue weighted by Gasteiger charge is -2.02. The Hall–Kier alpha value is -1.19. The standard InChI is InChI=1S/C9H11NO2/c10-9(12)8(11)6-7-4-2-1-3-5-7/h1-5,9,12H,6,10H2. The highest BCUT2D eigenvalue weighted by atomic mass is 16.3. The number of carbonyl (C=O) groups is 1. The molecule has 0 saturated heterocycles. The summed E-state index contributed by atoms with van der Waals surface area (Å²) >= 11 is 0. The fourth-order valence-electron chi connectivity index (χ4n) is 0.902. The van der Waals surface area contributed by atoms with Crippen molar-refractivity contribution in [3.8, 4) is 0 Å². The molecule has 3 nitrogen and oxygen atoms in total. The van der Waals surface area contributed by atoms with Gasteiger partial charge in [0.15, 0.2) is 12.0 Å². The lowest BCUT2D eigenvalue weighted by molar-refractivity contribution is -0.126. The average molecular weight is 165 g/mol. The normalized spacial score (nSPS) is 12.5. The Kier molecular flexibility index (Phi) is 2.96. The minimum atomic E-state index is -1.36. The van der Waals surface area contributed by atoms with Crippen LogP contribution in [0.25, 0.3) is 0 Å². The van der Waals surface area contributed by atoms with Gasteiger partial charge in [0, 0.05) is 6.42 Å². The van der Waals surface area contributed by atoms with Crippen molar-refractivity contribution < 1.29 is 9.90 Å². The van der Waals surface area contributed by atoms with E-state index in [1.807, 2.05) is 30.3 Å². The van der Waals surface area contributed by atoms with Crippen LogP contribution in [0.3, 0.4) is 0 Å². The molecule has 0 fully saturated rings. The maximum Gasteiger partial charge on any atom is 0.180 e. The number of benzene rings is 1. The fraction of sp³-hybridized carbons (Fsp3) is 0.222. The van der Waals surface area contributed by atoms with Gasteiger partial charge in [-0.25, -0.2) is 0 Å². The summed E-state index contributed by atoms with van der Waals surface area (Å²) in [5.74, 6) is -0.360. The Labute approximate surface area is 70.8 Å². The van der Waals surface area contributed by atoms with E-state index < -0.39 is 6.23 Å². The quantitative estimate of drug-likeness (QED) is 0.623. The first-order valence-electron chi connectivity index (χ1n) is 3.70. The molecule has 0 saturated carbocycles. The van der Waals surface area contributed by atoms with Crippen molar-refractivity contribution in [3.63, 3.8) is 0 Å².